The molecule has 0 saturated heterocycles. The first-order chi connectivity index (χ1) is 32.4. The van der Waals surface area contributed by atoms with Gasteiger partial charge in [0.05, 0.1) is 16.8 Å². The molecule has 2 heterocycles. The molecule has 4 nitrogen and oxygen atoms in total. The Morgan fingerprint density at radius 3 is 1.64 bits per heavy atom. The van der Waals surface area contributed by atoms with E-state index < -0.39 is 5.41 Å². The van der Waals surface area contributed by atoms with Crippen molar-refractivity contribution in [3.63, 3.8) is 0 Å². The third-order valence-electron chi connectivity index (χ3n) is 14.1. The maximum atomic E-state index is 7.02. The molecule has 0 amide bonds. The number of benzene rings is 9. The van der Waals surface area contributed by atoms with E-state index in [0.717, 1.165) is 56.1 Å². The number of hydrogen-bond donors (Lipinski definition) is 0. The summed E-state index contributed by atoms with van der Waals surface area (Å²) in [5.74, 6) is 3.51. The van der Waals surface area contributed by atoms with Gasteiger partial charge in [0.15, 0.2) is 28.8 Å². The number of ether oxygens (including phenoxy) is 2. The summed E-state index contributed by atoms with van der Waals surface area (Å²) in [7, 11) is 0. The summed E-state index contributed by atoms with van der Waals surface area (Å²) in [5.41, 5.74) is 18.5. The van der Waals surface area contributed by atoms with E-state index in [1.807, 2.05) is 24.3 Å². The van der Waals surface area contributed by atoms with Gasteiger partial charge in [-0.2, -0.15) is 0 Å². The van der Waals surface area contributed by atoms with Crippen LogP contribution in [0.4, 0.5) is 0 Å². The average molecular weight is 847 g/mol. The van der Waals surface area contributed by atoms with Crippen molar-refractivity contribution in [1.29, 1.82) is 0 Å². The summed E-state index contributed by atoms with van der Waals surface area (Å²) < 4.78 is 13.7. The molecular weight excluding hydrogens is 805 g/mol. The number of nitrogens with zero attached hydrogens (tertiary/aromatic N) is 2. The maximum Gasteiger partial charge on any atom is 0.178 e. The van der Waals surface area contributed by atoms with Gasteiger partial charge in [-0.05, 0) is 91.5 Å². The van der Waals surface area contributed by atoms with Crippen molar-refractivity contribution >= 4 is 0 Å². The monoisotopic (exact) mass is 846 g/mol. The van der Waals surface area contributed by atoms with Crippen molar-refractivity contribution in [2.45, 2.75) is 24.7 Å². The van der Waals surface area contributed by atoms with Gasteiger partial charge in [-0.25, -0.2) is 9.97 Å². The van der Waals surface area contributed by atoms with Crippen molar-refractivity contribution in [2.75, 3.05) is 0 Å². The lowest BCUT2D eigenvalue weighted by atomic mass is 9.68. The highest BCUT2D eigenvalue weighted by Crippen LogP contribution is 2.62. The lowest BCUT2D eigenvalue weighted by Gasteiger charge is -2.34. The van der Waals surface area contributed by atoms with Crippen LogP contribution in [0, 0.1) is 0 Å². The molecule has 0 unspecified atom stereocenters. The molecule has 0 saturated carbocycles. The van der Waals surface area contributed by atoms with Crippen LogP contribution in [0.1, 0.15) is 47.2 Å². The maximum absolute atomic E-state index is 7.02. The second-order valence-corrected chi connectivity index (χ2v) is 18.0. The summed E-state index contributed by atoms with van der Waals surface area (Å²) in [5, 5.41) is 0. The van der Waals surface area contributed by atoms with Crippen LogP contribution in [0.3, 0.4) is 0 Å². The fraction of sp³-hybridized carbons (Fsp3) is 0.0645. The predicted molar refractivity (Wildman–Crippen MR) is 265 cm³/mol. The largest absolute Gasteiger partial charge is 0.449 e. The zero-order valence-electron chi connectivity index (χ0n) is 36.5. The third kappa shape index (κ3) is 5.71. The molecule has 13 rings (SSSR count). The van der Waals surface area contributed by atoms with Gasteiger partial charge in [0, 0.05) is 27.7 Å². The molecular formula is C62H42N2O2. The summed E-state index contributed by atoms with van der Waals surface area (Å²) in [6.07, 6.45) is 0. The average Bonchev–Trinajstić information content (AvgIpc) is 3.82. The summed E-state index contributed by atoms with van der Waals surface area (Å²) in [4.78, 5) is 10.3. The highest BCUT2D eigenvalue weighted by atomic mass is 16.6. The Kier molecular flexibility index (Phi) is 8.44. The zero-order valence-corrected chi connectivity index (χ0v) is 36.5. The van der Waals surface area contributed by atoms with Gasteiger partial charge in [0.25, 0.3) is 0 Å². The third-order valence-corrected chi connectivity index (χ3v) is 14.1. The van der Waals surface area contributed by atoms with Crippen LogP contribution >= 0.6 is 0 Å². The summed E-state index contributed by atoms with van der Waals surface area (Å²) in [6, 6.07) is 77.5. The Morgan fingerprint density at radius 1 is 0.348 bits per heavy atom. The van der Waals surface area contributed by atoms with Crippen LogP contribution in [0.15, 0.2) is 218 Å². The molecule has 2 aliphatic carbocycles. The summed E-state index contributed by atoms with van der Waals surface area (Å²) in [6.45, 7) is 4.63. The minimum atomic E-state index is -0.534. The van der Waals surface area contributed by atoms with Gasteiger partial charge in [0.1, 0.15) is 0 Å². The molecule has 0 atom stereocenters. The molecule has 1 aromatic heterocycles. The van der Waals surface area contributed by atoms with Crippen molar-refractivity contribution in [3.8, 4) is 90.3 Å². The van der Waals surface area contributed by atoms with Gasteiger partial charge in [0.2, 0.25) is 0 Å². The molecule has 66 heavy (non-hydrogen) atoms. The summed E-state index contributed by atoms with van der Waals surface area (Å²) >= 11 is 0. The van der Waals surface area contributed by atoms with Gasteiger partial charge in [-0.3, -0.25) is 0 Å². The Labute approximate surface area is 384 Å². The minimum absolute atomic E-state index is 0.116. The zero-order chi connectivity index (χ0) is 44.0. The Morgan fingerprint density at radius 2 is 0.909 bits per heavy atom. The molecule has 3 aliphatic rings. The van der Waals surface area contributed by atoms with Crippen LogP contribution in [-0.4, -0.2) is 9.97 Å². The van der Waals surface area contributed by atoms with E-state index >= 15 is 0 Å². The topological polar surface area (TPSA) is 44.2 Å². The number of rotatable bonds is 6. The van der Waals surface area contributed by atoms with Crippen molar-refractivity contribution < 1.29 is 9.47 Å². The Hall–Kier alpha value is -8.34. The second kappa shape index (κ2) is 14.6. The first-order valence-electron chi connectivity index (χ1n) is 22.6. The molecule has 9 aromatic carbocycles. The molecule has 4 heteroatoms. The number of fused-ring (bicyclic) bond motifs is 9. The Bertz CT molecular complexity index is 3500. The molecule has 0 N–H and O–H groups in total. The normalized spacial score (nSPS) is 14.1. The van der Waals surface area contributed by atoms with E-state index in [2.05, 4.69) is 208 Å². The molecule has 312 valence electrons. The van der Waals surface area contributed by atoms with E-state index in [0.29, 0.717) is 23.1 Å². The van der Waals surface area contributed by atoms with Crippen LogP contribution in [0.2, 0.25) is 0 Å². The van der Waals surface area contributed by atoms with Crippen molar-refractivity contribution in [3.05, 3.63) is 252 Å². The van der Waals surface area contributed by atoms with E-state index in [9.17, 15) is 0 Å². The highest BCUT2D eigenvalue weighted by Gasteiger charge is 2.48. The second-order valence-electron chi connectivity index (χ2n) is 18.0. The predicted octanol–water partition coefficient (Wildman–Crippen LogP) is 15.7. The SMILES string of the molecule is CC1(C)c2ccccc2-c2ccc(-c3cc(-c4ccc(-c5ccc6c(c5)Oc5c(ccc7c5-c5ccccc5C7(c5ccccc5)c5ccccc5)O6)cc4)nc(-c4ccccc4)n3)cc21. The van der Waals surface area contributed by atoms with E-state index in [-0.39, 0.29) is 5.41 Å². The Balaban J connectivity index is 0.865. The van der Waals surface area contributed by atoms with Gasteiger partial charge >= 0.3 is 0 Å². The standard InChI is InChI=1S/C62H42N2O2/c1-61(2)49-24-14-12-22-46(49)47-32-30-43(36-52(47)61)54-38-53(63-60(64-54)41-16-6-3-7-17-41)40-28-26-39(27-29-40)42-31-34-55-57(37-42)66-59-56(65-55)35-33-51-58(59)48-23-13-15-25-50(48)62(51,44-18-8-4-9-19-44)45-20-10-5-11-21-45/h3-38H,1-2H3. The molecule has 0 radical (unpaired) electrons. The van der Waals surface area contributed by atoms with Crippen LogP contribution < -0.4 is 9.47 Å². The van der Waals surface area contributed by atoms with Gasteiger partial charge in [-0.1, -0.05) is 202 Å². The number of aromatic nitrogens is 2. The molecule has 1 aliphatic heterocycles. The first-order valence-corrected chi connectivity index (χ1v) is 22.6. The molecule has 0 fully saturated rings. The lowest BCUT2D eigenvalue weighted by molar-refractivity contribution is 0.360. The van der Waals surface area contributed by atoms with E-state index in [4.69, 9.17) is 19.4 Å². The van der Waals surface area contributed by atoms with Gasteiger partial charge in [-0.15, -0.1) is 0 Å². The quantitative estimate of drug-likeness (QED) is 0.167. The fourth-order valence-corrected chi connectivity index (χ4v) is 10.9. The lowest BCUT2D eigenvalue weighted by Crippen LogP contribution is -2.28. The fourth-order valence-electron chi connectivity index (χ4n) is 10.9. The van der Waals surface area contributed by atoms with Crippen molar-refractivity contribution in [2.24, 2.45) is 0 Å². The van der Waals surface area contributed by atoms with E-state index in [1.165, 1.54) is 44.5 Å². The number of hydrogen-bond acceptors (Lipinski definition) is 4. The van der Waals surface area contributed by atoms with Crippen LogP contribution in [0.5, 0.6) is 23.0 Å². The van der Waals surface area contributed by atoms with Crippen LogP contribution in [0.25, 0.3) is 67.3 Å². The molecule has 10 aromatic rings. The molecule has 0 bridgehead atoms. The highest BCUT2D eigenvalue weighted by molar-refractivity contribution is 5.92. The first kappa shape index (κ1) is 38.1. The van der Waals surface area contributed by atoms with Crippen molar-refractivity contribution in [1.82, 2.24) is 9.97 Å². The van der Waals surface area contributed by atoms with Crippen LogP contribution in [-0.2, 0) is 10.8 Å². The molecule has 0 spiro atoms. The smallest absolute Gasteiger partial charge is 0.178 e. The van der Waals surface area contributed by atoms with E-state index in [1.54, 1.807) is 0 Å². The van der Waals surface area contributed by atoms with Gasteiger partial charge < -0.3 is 9.47 Å². The minimum Gasteiger partial charge on any atom is -0.449 e.